The number of hydrogen-bond donors (Lipinski definition) is 0. The lowest BCUT2D eigenvalue weighted by atomic mass is 9.78. The van der Waals surface area contributed by atoms with Gasteiger partial charge in [0.05, 0.1) is 0 Å². The molecule has 5 rings (SSSR count). The van der Waals surface area contributed by atoms with Gasteiger partial charge >= 0.3 is 0 Å². The molecule has 0 atom stereocenters. The van der Waals surface area contributed by atoms with E-state index in [1.165, 1.54) is 70.2 Å². The molecule has 0 heterocycles. The Balaban J connectivity index is 1.76. The number of benzene rings is 3. The van der Waals surface area contributed by atoms with Gasteiger partial charge in [-0.15, -0.1) is 0 Å². The highest BCUT2D eigenvalue weighted by atomic mass is 14.3. The first-order valence-corrected chi connectivity index (χ1v) is 8.22. The molecule has 0 nitrogen and oxygen atoms in total. The SMILES string of the molecule is c1ccc2c(c1)CCc1cc3c(cc1-2)CCc1ccccc1-3. The van der Waals surface area contributed by atoms with Gasteiger partial charge in [0.25, 0.3) is 0 Å². The Bertz CT molecular complexity index is 811. The highest BCUT2D eigenvalue weighted by molar-refractivity contribution is 5.81. The van der Waals surface area contributed by atoms with Crippen molar-refractivity contribution in [2.24, 2.45) is 0 Å². The highest BCUT2D eigenvalue weighted by Gasteiger charge is 2.21. The summed E-state index contributed by atoms with van der Waals surface area (Å²) in [5.74, 6) is 0. The van der Waals surface area contributed by atoms with Crippen molar-refractivity contribution in [3.05, 3.63) is 82.9 Å². The molecule has 0 amide bonds. The summed E-state index contributed by atoms with van der Waals surface area (Å²) in [6.07, 6.45) is 4.68. The van der Waals surface area contributed by atoms with Crippen molar-refractivity contribution in [3.8, 4) is 22.3 Å². The first-order valence-electron chi connectivity index (χ1n) is 8.22. The van der Waals surface area contributed by atoms with E-state index in [0.717, 1.165) is 0 Å². The molecule has 0 radical (unpaired) electrons. The summed E-state index contributed by atoms with van der Waals surface area (Å²) < 4.78 is 0. The molecule has 2 aliphatic carbocycles. The summed E-state index contributed by atoms with van der Waals surface area (Å²) in [5.41, 5.74) is 11.9. The Kier molecular flexibility index (Phi) is 2.54. The fourth-order valence-electron chi connectivity index (χ4n) is 4.15. The minimum Gasteiger partial charge on any atom is -0.0620 e. The Morgan fingerprint density at radius 2 is 0.818 bits per heavy atom. The minimum atomic E-state index is 1.17. The van der Waals surface area contributed by atoms with Crippen LogP contribution >= 0.6 is 0 Å². The van der Waals surface area contributed by atoms with Gasteiger partial charge in [0.1, 0.15) is 0 Å². The summed E-state index contributed by atoms with van der Waals surface area (Å²) in [7, 11) is 0. The van der Waals surface area contributed by atoms with E-state index >= 15 is 0 Å². The van der Waals surface area contributed by atoms with Crippen LogP contribution in [0.1, 0.15) is 22.3 Å². The van der Waals surface area contributed by atoms with E-state index in [2.05, 4.69) is 60.7 Å². The molecule has 0 spiro atoms. The molecule has 0 N–H and O–H groups in total. The summed E-state index contributed by atoms with van der Waals surface area (Å²) in [5, 5.41) is 0. The molecule has 0 unspecified atom stereocenters. The van der Waals surface area contributed by atoms with E-state index in [0.29, 0.717) is 0 Å². The first-order chi connectivity index (χ1) is 10.9. The van der Waals surface area contributed by atoms with Crippen LogP contribution in [0.5, 0.6) is 0 Å². The van der Waals surface area contributed by atoms with Crippen molar-refractivity contribution < 1.29 is 0 Å². The van der Waals surface area contributed by atoms with E-state index < -0.39 is 0 Å². The quantitative estimate of drug-likeness (QED) is 0.530. The Morgan fingerprint density at radius 1 is 0.409 bits per heavy atom. The predicted octanol–water partition coefficient (Wildman–Crippen LogP) is 5.22. The molecule has 0 aromatic heterocycles. The van der Waals surface area contributed by atoms with Crippen LogP contribution in [0.25, 0.3) is 22.3 Å². The second kappa shape index (κ2) is 4.58. The van der Waals surface area contributed by atoms with Gasteiger partial charge in [-0.25, -0.2) is 0 Å². The second-order valence-electron chi connectivity index (χ2n) is 6.48. The maximum atomic E-state index is 2.47. The van der Waals surface area contributed by atoms with Gasteiger partial charge in [-0.05, 0) is 70.2 Å². The van der Waals surface area contributed by atoms with Gasteiger partial charge < -0.3 is 0 Å². The highest BCUT2D eigenvalue weighted by Crippen LogP contribution is 2.41. The van der Waals surface area contributed by atoms with Gasteiger partial charge in [-0.2, -0.15) is 0 Å². The Hall–Kier alpha value is -2.34. The molecule has 0 heteroatoms. The molecule has 3 aromatic carbocycles. The van der Waals surface area contributed by atoms with Gasteiger partial charge in [0.15, 0.2) is 0 Å². The van der Waals surface area contributed by atoms with Crippen molar-refractivity contribution in [2.45, 2.75) is 25.7 Å². The van der Waals surface area contributed by atoms with Crippen LogP contribution in [0.15, 0.2) is 60.7 Å². The lowest BCUT2D eigenvalue weighted by Gasteiger charge is -2.26. The number of fused-ring (bicyclic) bond motifs is 6. The normalized spacial score (nSPS) is 14.5. The van der Waals surface area contributed by atoms with Crippen LogP contribution in [0.3, 0.4) is 0 Å². The first kappa shape index (κ1) is 12.2. The van der Waals surface area contributed by atoms with Gasteiger partial charge in [-0.1, -0.05) is 60.7 Å². The molecular weight excluding hydrogens is 264 g/mol. The smallest absolute Gasteiger partial charge is 0.0146 e. The predicted molar refractivity (Wildman–Crippen MR) is 92.1 cm³/mol. The third-order valence-corrected chi connectivity index (χ3v) is 5.27. The van der Waals surface area contributed by atoms with Gasteiger partial charge in [-0.3, -0.25) is 0 Å². The maximum Gasteiger partial charge on any atom is -0.0146 e. The third-order valence-electron chi connectivity index (χ3n) is 5.27. The average Bonchev–Trinajstić information content (AvgIpc) is 2.60. The molecule has 0 fully saturated rings. The van der Waals surface area contributed by atoms with E-state index in [-0.39, 0.29) is 0 Å². The van der Waals surface area contributed by atoms with Crippen LogP contribution < -0.4 is 0 Å². The molecule has 0 aliphatic heterocycles. The van der Waals surface area contributed by atoms with Crippen molar-refractivity contribution >= 4 is 0 Å². The summed E-state index contributed by atoms with van der Waals surface area (Å²) in [4.78, 5) is 0. The van der Waals surface area contributed by atoms with E-state index in [4.69, 9.17) is 0 Å². The average molecular weight is 282 g/mol. The van der Waals surface area contributed by atoms with Crippen LogP contribution in [0.2, 0.25) is 0 Å². The minimum absolute atomic E-state index is 1.17. The van der Waals surface area contributed by atoms with Crippen LogP contribution in [-0.2, 0) is 25.7 Å². The molecule has 0 saturated carbocycles. The molecule has 2 aliphatic rings. The van der Waals surface area contributed by atoms with Crippen molar-refractivity contribution in [3.63, 3.8) is 0 Å². The van der Waals surface area contributed by atoms with Crippen molar-refractivity contribution in [1.82, 2.24) is 0 Å². The zero-order valence-corrected chi connectivity index (χ0v) is 12.6. The van der Waals surface area contributed by atoms with Crippen LogP contribution in [-0.4, -0.2) is 0 Å². The maximum absolute atomic E-state index is 2.47. The Labute approximate surface area is 131 Å². The topological polar surface area (TPSA) is 0 Å². The van der Waals surface area contributed by atoms with Crippen LogP contribution in [0.4, 0.5) is 0 Å². The third kappa shape index (κ3) is 1.70. The summed E-state index contributed by atoms with van der Waals surface area (Å²) in [6, 6.07) is 22.8. The van der Waals surface area contributed by atoms with E-state index in [1.807, 2.05) is 0 Å². The number of rotatable bonds is 0. The van der Waals surface area contributed by atoms with Crippen LogP contribution in [0, 0.1) is 0 Å². The molecule has 3 aromatic rings. The molecular formula is C22H18. The molecule has 0 bridgehead atoms. The van der Waals surface area contributed by atoms with Crippen molar-refractivity contribution in [1.29, 1.82) is 0 Å². The lowest BCUT2D eigenvalue weighted by Crippen LogP contribution is -2.09. The molecule has 22 heavy (non-hydrogen) atoms. The number of aryl methyl sites for hydroxylation is 4. The standard InChI is InChI=1S/C22H18/c1-3-7-19-15(5-1)9-11-17-14-22-18(13-21(17)19)12-10-16-6-2-4-8-20(16)22/h1-8,13-14H,9-12H2. The second-order valence-corrected chi connectivity index (χ2v) is 6.48. The lowest BCUT2D eigenvalue weighted by molar-refractivity contribution is 0.916. The molecule has 106 valence electrons. The van der Waals surface area contributed by atoms with E-state index in [9.17, 15) is 0 Å². The fourth-order valence-corrected chi connectivity index (χ4v) is 4.15. The fraction of sp³-hybridized carbons (Fsp3) is 0.182. The van der Waals surface area contributed by atoms with E-state index in [1.54, 1.807) is 0 Å². The Morgan fingerprint density at radius 3 is 1.32 bits per heavy atom. The zero-order chi connectivity index (χ0) is 14.5. The van der Waals surface area contributed by atoms with Gasteiger partial charge in [0.2, 0.25) is 0 Å². The summed E-state index contributed by atoms with van der Waals surface area (Å²) in [6.45, 7) is 0. The zero-order valence-electron chi connectivity index (χ0n) is 12.6. The molecule has 0 saturated heterocycles. The van der Waals surface area contributed by atoms with Gasteiger partial charge in [0, 0.05) is 0 Å². The largest absolute Gasteiger partial charge is 0.0620 e. The monoisotopic (exact) mass is 282 g/mol. The summed E-state index contributed by atoms with van der Waals surface area (Å²) >= 11 is 0. The number of hydrogen-bond acceptors (Lipinski definition) is 0. The van der Waals surface area contributed by atoms with Crippen molar-refractivity contribution in [2.75, 3.05) is 0 Å².